The second-order valence-corrected chi connectivity index (χ2v) is 7.52. The molecule has 29 heavy (non-hydrogen) atoms. The molecular weight excluding hydrogens is 370 g/mol. The zero-order valence-electron chi connectivity index (χ0n) is 16.8. The lowest BCUT2D eigenvalue weighted by atomic mass is 9.97. The van der Waals surface area contributed by atoms with Gasteiger partial charge in [-0.3, -0.25) is 19.3 Å². The summed E-state index contributed by atoms with van der Waals surface area (Å²) in [4.78, 5) is 50.7. The van der Waals surface area contributed by atoms with Crippen molar-refractivity contribution < 1.29 is 19.2 Å². The van der Waals surface area contributed by atoms with Crippen LogP contribution in [-0.2, 0) is 20.8 Å². The Morgan fingerprint density at radius 1 is 1.03 bits per heavy atom. The van der Waals surface area contributed by atoms with E-state index >= 15 is 0 Å². The lowest BCUT2D eigenvalue weighted by Gasteiger charge is -2.17. The first-order valence-corrected chi connectivity index (χ1v) is 10.1. The van der Waals surface area contributed by atoms with Gasteiger partial charge in [0.05, 0.1) is 0 Å². The molecule has 1 heterocycles. The molecule has 1 N–H and O–H groups in total. The molecule has 0 spiro atoms. The Morgan fingerprint density at radius 2 is 1.79 bits per heavy atom. The average Bonchev–Trinajstić information content (AvgIpc) is 2.92. The van der Waals surface area contributed by atoms with Crippen molar-refractivity contribution in [2.75, 3.05) is 19.6 Å². The molecule has 7 nitrogen and oxygen atoms in total. The van der Waals surface area contributed by atoms with E-state index in [4.69, 9.17) is 0 Å². The van der Waals surface area contributed by atoms with E-state index in [-0.39, 0.29) is 6.54 Å². The highest BCUT2D eigenvalue weighted by molar-refractivity contribution is 6.45. The van der Waals surface area contributed by atoms with Gasteiger partial charge in [-0.2, -0.15) is 0 Å². The summed E-state index contributed by atoms with van der Waals surface area (Å²) in [5, 5.41) is 2.72. The smallest absolute Gasteiger partial charge is 0.334 e. The van der Waals surface area contributed by atoms with Gasteiger partial charge in [0.2, 0.25) is 5.91 Å². The van der Waals surface area contributed by atoms with E-state index < -0.39 is 30.3 Å². The molecule has 1 aliphatic carbocycles. The van der Waals surface area contributed by atoms with Crippen LogP contribution in [0.1, 0.15) is 43.2 Å². The number of imide groups is 2. The van der Waals surface area contributed by atoms with E-state index in [2.05, 4.69) is 11.4 Å². The third kappa shape index (κ3) is 5.10. The molecule has 2 aliphatic rings. The van der Waals surface area contributed by atoms with Crippen LogP contribution in [0.3, 0.4) is 0 Å². The maximum Gasteiger partial charge on any atom is 0.334 e. The van der Waals surface area contributed by atoms with Crippen molar-refractivity contribution >= 4 is 23.8 Å². The second kappa shape index (κ2) is 9.49. The van der Waals surface area contributed by atoms with Gasteiger partial charge in [0.1, 0.15) is 6.54 Å². The molecule has 0 unspecified atom stereocenters. The fourth-order valence-corrected chi connectivity index (χ4v) is 3.70. The number of nitrogens with zero attached hydrogens (tertiary/aromatic N) is 2. The number of allylic oxidation sites excluding steroid dienone is 1. The van der Waals surface area contributed by atoms with Gasteiger partial charge in [0.25, 0.3) is 0 Å². The van der Waals surface area contributed by atoms with Gasteiger partial charge in [-0.05, 0) is 56.6 Å². The Labute approximate surface area is 170 Å². The summed E-state index contributed by atoms with van der Waals surface area (Å²) in [6, 6.07) is 7.19. The van der Waals surface area contributed by atoms with Crippen molar-refractivity contribution in [2.45, 2.75) is 45.4 Å². The summed E-state index contributed by atoms with van der Waals surface area (Å²) < 4.78 is 0. The van der Waals surface area contributed by atoms with E-state index in [1.54, 1.807) is 0 Å². The minimum absolute atomic E-state index is 0.181. The van der Waals surface area contributed by atoms with Crippen molar-refractivity contribution in [3.8, 4) is 0 Å². The van der Waals surface area contributed by atoms with E-state index in [0.29, 0.717) is 19.4 Å². The summed E-state index contributed by atoms with van der Waals surface area (Å²) in [6.07, 6.45) is 7.65. The molecule has 0 bridgehead atoms. The maximum absolute atomic E-state index is 12.5. The lowest BCUT2D eigenvalue weighted by Crippen LogP contribution is -2.42. The van der Waals surface area contributed by atoms with Crippen LogP contribution in [0.25, 0.3) is 0 Å². The number of amides is 5. The lowest BCUT2D eigenvalue weighted by molar-refractivity contribution is -0.144. The van der Waals surface area contributed by atoms with Crippen LogP contribution in [-0.4, -0.2) is 53.2 Å². The molecule has 1 aromatic carbocycles. The quantitative estimate of drug-likeness (QED) is 0.414. The molecule has 1 saturated heterocycles. The number of urea groups is 1. The summed E-state index contributed by atoms with van der Waals surface area (Å²) in [7, 11) is 0. The summed E-state index contributed by atoms with van der Waals surface area (Å²) in [5.41, 5.74) is 3.48. The summed E-state index contributed by atoms with van der Waals surface area (Å²) >= 11 is 0. The Morgan fingerprint density at radius 3 is 2.52 bits per heavy atom. The molecule has 0 saturated carbocycles. The minimum Gasteiger partial charge on any atom is -0.354 e. The van der Waals surface area contributed by atoms with Gasteiger partial charge in [-0.1, -0.05) is 35.9 Å². The molecule has 0 radical (unpaired) electrons. The van der Waals surface area contributed by atoms with Gasteiger partial charge >= 0.3 is 17.8 Å². The van der Waals surface area contributed by atoms with Crippen LogP contribution < -0.4 is 5.32 Å². The molecule has 1 aliphatic heterocycles. The molecule has 154 valence electrons. The number of benzene rings is 1. The minimum atomic E-state index is -0.929. The highest BCUT2D eigenvalue weighted by Gasteiger charge is 2.44. The Bertz CT molecular complexity index is 846. The molecule has 0 atom stereocenters. The van der Waals surface area contributed by atoms with E-state index in [1.807, 2.05) is 31.2 Å². The number of aryl methyl sites for hydroxylation is 1. The first-order valence-electron chi connectivity index (χ1n) is 10.1. The van der Waals surface area contributed by atoms with Gasteiger partial charge < -0.3 is 5.32 Å². The van der Waals surface area contributed by atoms with Gasteiger partial charge in [0, 0.05) is 13.1 Å². The number of rotatable bonds is 8. The molecule has 5 amide bonds. The molecule has 0 aromatic heterocycles. The fraction of sp³-hybridized carbons (Fsp3) is 0.455. The van der Waals surface area contributed by atoms with E-state index in [0.717, 1.165) is 46.6 Å². The third-order valence-corrected chi connectivity index (χ3v) is 5.46. The number of nitrogens with one attached hydrogen (secondary N) is 1. The highest BCUT2D eigenvalue weighted by Crippen LogP contribution is 2.21. The summed E-state index contributed by atoms with van der Waals surface area (Å²) in [5.74, 6) is -2.23. The number of carbonyl (C=O) groups is 4. The normalized spacial score (nSPS) is 17.0. The van der Waals surface area contributed by atoms with Gasteiger partial charge in [-0.25, -0.2) is 9.69 Å². The topological polar surface area (TPSA) is 86.8 Å². The predicted octanol–water partition coefficient (Wildman–Crippen LogP) is 2.34. The SMILES string of the molecule is Cc1ccccc1CCNC(=O)CN1C(=O)C(=O)N(CCC2=CCCCC2)C1=O. The second-order valence-electron chi connectivity index (χ2n) is 7.52. The maximum atomic E-state index is 12.5. The van der Waals surface area contributed by atoms with E-state index in [9.17, 15) is 19.2 Å². The monoisotopic (exact) mass is 397 g/mol. The van der Waals surface area contributed by atoms with Gasteiger partial charge in [-0.15, -0.1) is 0 Å². The molecule has 1 aromatic rings. The first kappa shape index (κ1) is 20.8. The van der Waals surface area contributed by atoms with Crippen molar-refractivity contribution in [3.05, 3.63) is 47.0 Å². The Hall–Kier alpha value is -2.96. The van der Waals surface area contributed by atoms with Crippen LogP contribution in [0.2, 0.25) is 0 Å². The molecular formula is C22H27N3O4. The fourth-order valence-electron chi connectivity index (χ4n) is 3.70. The molecule has 7 heteroatoms. The zero-order chi connectivity index (χ0) is 20.8. The zero-order valence-corrected chi connectivity index (χ0v) is 16.8. The third-order valence-electron chi connectivity index (χ3n) is 5.46. The number of hydrogen-bond donors (Lipinski definition) is 1. The standard InChI is InChI=1S/C22H27N3O4/c1-16-7-5-6-10-18(16)11-13-23-19(26)15-25-21(28)20(27)24(22(25)29)14-12-17-8-3-2-4-9-17/h5-8,10H,2-4,9,11-15H2,1H3,(H,23,26). The van der Waals surface area contributed by atoms with E-state index in [1.165, 1.54) is 5.57 Å². The van der Waals surface area contributed by atoms with Gasteiger partial charge in [0.15, 0.2) is 0 Å². The molecule has 3 rings (SSSR count). The predicted molar refractivity (Wildman–Crippen MR) is 108 cm³/mol. The van der Waals surface area contributed by atoms with Crippen LogP contribution in [0.5, 0.6) is 0 Å². The van der Waals surface area contributed by atoms with Crippen LogP contribution in [0.4, 0.5) is 4.79 Å². The average molecular weight is 397 g/mol. The molecule has 1 fully saturated rings. The number of carbonyl (C=O) groups excluding carboxylic acids is 4. The number of hydrogen-bond acceptors (Lipinski definition) is 4. The van der Waals surface area contributed by atoms with Crippen LogP contribution in [0.15, 0.2) is 35.9 Å². The van der Waals surface area contributed by atoms with Crippen molar-refractivity contribution in [2.24, 2.45) is 0 Å². The summed E-state index contributed by atoms with van der Waals surface area (Å²) in [6.45, 7) is 2.14. The Balaban J connectivity index is 1.49. The van der Waals surface area contributed by atoms with Crippen molar-refractivity contribution in [1.82, 2.24) is 15.1 Å². The van der Waals surface area contributed by atoms with Crippen molar-refractivity contribution in [1.29, 1.82) is 0 Å². The highest BCUT2D eigenvalue weighted by atomic mass is 16.2. The van der Waals surface area contributed by atoms with Crippen LogP contribution >= 0.6 is 0 Å². The Kier molecular flexibility index (Phi) is 6.80. The largest absolute Gasteiger partial charge is 0.354 e. The van der Waals surface area contributed by atoms with Crippen molar-refractivity contribution in [3.63, 3.8) is 0 Å². The first-order chi connectivity index (χ1) is 14.0. The van der Waals surface area contributed by atoms with Crippen LogP contribution in [0, 0.1) is 6.92 Å².